The third-order valence-corrected chi connectivity index (χ3v) is 0.705. The second kappa shape index (κ2) is 11.6. The molecule has 0 heterocycles. The minimum absolute atomic E-state index is 0. The van der Waals surface area contributed by atoms with E-state index in [1.807, 2.05) is 0 Å². The number of carboxylic acid groups (broad SMARTS) is 1. The first-order valence-electron chi connectivity index (χ1n) is 3.46. The van der Waals surface area contributed by atoms with E-state index in [1.54, 1.807) is 6.92 Å². The van der Waals surface area contributed by atoms with Crippen LogP contribution in [0.1, 0.15) is 20.8 Å². The Balaban J connectivity index is -0.000000143. The molecule has 0 aromatic heterocycles. The standard InChI is InChI=1S/C4H8O2.C3H6O3.Ti/c1-3-6-4(2)5;1-2(4)3(5)6;/h3H2,1-2H3;2,4H,1H3,(H,5,6);. The topological polar surface area (TPSA) is 83.8 Å². The van der Waals surface area contributed by atoms with Gasteiger partial charge in [0.05, 0.1) is 6.61 Å². The van der Waals surface area contributed by atoms with E-state index in [0.29, 0.717) is 6.61 Å². The van der Waals surface area contributed by atoms with Crippen LogP contribution < -0.4 is 0 Å². The molecule has 0 aliphatic carbocycles. The van der Waals surface area contributed by atoms with E-state index in [4.69, 9.17) is 10.2 Å². The molecule has 0 rings (SSSR count). The van der Waals surface area contributed by atoms with Gasteiger partial charge < -0.3 is 14.9 Å². The summed E-state index contributed by atoms with van der Waals surface area (Å²) in [6.45, 7) is 4.85. The van der Waals surface area contributed by atoms with Crippen molar-refractivity contribution in [2.75, 3.05) is 6.61 Å². The molecular weight excluding hydrogens is 212 g/mol. The molecule has 0 spiro atoms. The number of aliphatic hydroxyl groups is 1. The SMILES string of the molecule is CC(O)C(=O)O.CCOC(C)=O.[Ti]. The van der Waals surface area contributed by atoms with Crippen molar-refractivity contribution in [3.8, 4) is 0 Å². The molecule has 0 fully saturated rings. The van der Waals surface area contributed by atoms with Gasteiger partial charge in [0, 0.05) is 28.6 Å². The summed E-state index contributed by atoms with van der Waals surface area (Å²) in [6.07, 6.45) is -1.23. The van der Waals surface area contributed by atoms with Crippen molar-refractivity contribution in [3.05, 3.63) is 0 Å². The van der Waals surface area contributed by atoms with Crippen molar-refractivity contribution < 1.29 is 46.3 Å². The maximum Gasteiger partial charge on any atom is 0.332 e. The fraction of sp³-hybridized carbons (Fsp3) is 0.714. The maximum absolute atomic E-state index is 9.82. The summed E-state index contributed by atoms with van der Waals surface area (Å²) in [5.41, 5.74) is 0. The van der Waals surface area contributed by atoms with Crippen molar-refractivity contribution in [2.45, 2.75) is 26.9 Å². The van der Waals surface area contributed by atoms with Crippen LogP contribution in [0.5, 0.6) is 0 Å². The van der Waals surface area contributed by atoms with Crippen molar-refractivity contribution in [2.24, 2.45) is 0 Å². The van der Waals surface area contributed by atoms with Gasteiger partial charge in [0.2, 0.25) is 0 Å². The van der Waals surface area contributed by atoms with E-state index >= 15 is 0 Å². The van der Waals surface area contributed by atoms with Gasteiger partial charge >= 0.3 is 11.9 Å². The van der Waals surface area contributed by atoms with E-state index in [2.05, 4.69) is 4.74 Å². The fourth-order valence-electron chi connectivity index (χ4n) is 0.203. The largest absolute Gasteiger partial charge is 0.479 e. The van der Waals surface area contributed by atoms with Gasteiger partial charge in [-0.25, -0.2) is 4.79 Å². The number of rotatable bonds is 2. The molecule has 13 heavy (non-hydrogen) atoms. The summed E-state index contributed by atoms with van der Waals surface area (Å²) in [7, 11) is 0. The van der Waals surface area contributed by atoms with Crippen LogP contribution in [0.4, 0.5) is 0 Å². The number of esters is 1. The Bertz CT molecular complexity index is 146. The van der Waals surface area contributed by atoms with Gasteiger partial charge in [-0.2, -0.15) is 0 Å². The first-order valence-corrected chi connectivity index (χ1v) is 3.46. The number of carboxylic acids is 1. The summed E-state index contributed by atoms with van der Waals surface area (Å²) in [6, 6.07) is 0. The predicted octanol–water partition coefficient (Wildman–Crippen LogP) is 0.0187. The van der Waals surface area contributed by atoms with E-state index in [9.17, 15) is 9.59 Å². The molecule has 0 bridgehead atoms. The molecule has 0 aromatic carbocycles. The molecule has 1 unspecified atom stereocenters. The van der Waals surface area contributed by atoms with Gasteiger partial charge in [-0.05, 0) is 13.8 Å². The Labute approximate surface area is 92.0 Å². The number of ether oxygens (including phenoxy) is 1. The van der Waals surface area contributed by atoms with Gasteiger partial charge in [-0.1, -0.05) is 0 Å². The fourth-order valence-corrected chi connectivity index (χ4v) is 0.203. The molecule has 0 amide bonds. The first kappa shape index (κ1) is 18.4. The Morgan fingerprint density at radius 3 is 1.77 bits per heavy atom. The minimum atomic E-state index is -1.23. The second-order valence-corrected chi connectivity index (χ2v) is 1.94. The van der Waals surface area contributed by atoms with E-state index in [0.717, 1.165) is 0 Å². The quantitative estimate of drug-likeness (QED) is 0.512. The molecular formula is C7H14O5Ti. The third-order valence-electron chi connectivity index (χ3n) is 0.705. The molecule has 0 saturated heterocycles. The van der Waals surface area contributed by atoms with Crippen LogP contribution in [0.15, 0.2) is 0 Å². The monoisotopic (exact) mass is 226 g/mol. The zero-order valence-corrected chi connectivity index (χ0v) is 9.47. The molecule has 6 heteroatoms. The van der Waals surface area contributed by atoms with Crippen molar-refractivity contribution in [3.63, 3.8) is 0 Å². The molecule has 0 saturated carbocycles. The van der Waals surface area contributed by atoms with Gasteiger partial charge in [0.1, 0.15) is 6.10 Å². The summed E-state index contributed by atoms with van der Waals surface area (Å²) < 4.78 is 4.40. The average molecular weight is 226 g/mol. The zero-order valence-electron chi connectivity index (χ0n) is 7.90. The molecule has 2 N–H and O–H groups in total. The zero-order chi connectivity index (χ0) is 10.1. The number of carbonyl (C=O) groups excluding carboxylic acids is 1. The van der Waals surface area contributed by atoms with E-state index in [-0.39, 0.29) is 27.7 Å². The van der Waals surface area contributed by atoms with Gasteiger partial charge in [0.15, 0.2) is 0 Å². The first-order chi connectivity index (χ1) is 5.41. The Morgan fingerprint density at radius 2 is 1.77 bits per heavy atom. The molecule has 76 valence electrons. The van der Waals surface area contributed by atoms with Crippen molar-refractivity contribution in [1.29, 1.82) is 0 Å². The van der Waals surface area contributed by atoms with Crippen LogP contribution in [-0.4, -0.2) is 34.9 Å². The number of hydrogen-bond donors (Lipinski definition) is 2. The molecule has 0 aliphatic rings. The van der Waals surface area contributed by atoms with Gasteiger partial charge in [-0.15, -0.1) is 0 Å². The summed E-state index contributed by atoms with van der Waals surface area (Å²) in [5, 5.41) is 15.8. The summed E-state index contributed by atoms with van der Waals surface area (Å²) in [5.74, 6) is -1.40. The minimum Gasteiger partial charge on any atom is -0.479 e. The molecule has 0 radical (unpaired) electrons. The number of carbonyl (C=O) groups is 2. The summed E-state index contributed by atoms with van der Waals surface area (Å²) >= 11 is 0. The van der Waals surface area contributed by atoms with E-state index in [1.165, 1.54) is 13.8 Å². The molecule has 5 nitrogen and oxygen atoms in total. The normalized spacial score (nSPS) is 9.85. The Kier molecular flexibility index (Phi) is 16.4. The molecule has 0 aromatic rings. The summed E-state index contributed by atoms with van der Waals surface area (Å²) in [4.78, 5) is 19.3. The molecule has 0 aliphatic heterocycles. The smallest absolute Gasteiger partial charge is 0.332 e. The third kappa shape index (κ3) is 24.5. The van der Waals surface area contributed by atoms with Crippen molar-refractivity contribution in [1.82, 2.24) is 0 Å². The van der Waals surface area contributed by atoms with Crippen LogP contribution >= 0.6 is 0 Å². The van der Waals surface area contributed by atoms with E-state index < -0.39 is 12.1 Å². The number of aliphatic carboxylic acids is 1. The number of aliphatic hydroxyl groups excluding tert-OH is 1. The van der Waals surface area contributed by atoms with Crippen LogP contribution in [0.25, 0.3) is 0 Å². The van der Waals surface area contributed by atoms with Gasteiger partial charge in [0.25, 0.3) is 0 Å². The van der Waals surface area contributed by atoms with Crippen molar-refractivity contribution >= 4 is 11.9 Å². The number of hydrogen-bond acceptors (Lipinski definition) is 4. The Hall–Kier alpha value is -0.386. The van der Waals surface area contributed by atoms with Gasteiger partial charge in [-0.3, -0.25) is 4.79 Å². The van der Waals surface area contributed by atoms with Crippen LogP contribution in [0.3, 0.4) is 0 Å². The maximum atomic E-state index is 9.82. The molecule has 1 atom stereocenters. The van der Waals surface area contributed by atoms with Crippen LogP contribution in [0.2, 0.25) is 0 Å². The van der Waals surface area contributed by atoms with Crippen LogP contribution in [-0.2, 0) is 36.0 Å². The van der Waals surface area contributed by atoms with Crippen LogP contribution in [0, 0.1) is 0 Å². The second-order valence-electron chi connectivity index (χ2n) is 1.94. The predicted molar refractivity (Wildman–Crippen MR) is 41.6 cm³/mol. The average Bonchev–Trinajstić information content (AvgIpc) is 1.87. The Morgan fingerprint density at radius 1 is 1.46 bits per heavy atom.